The second kappa shape index (κ2) is 5.23. The predicted molar refractivity (Wildman–Crippen MR) is 74.4 cm³/mol. The number of rotatable bonds is 2. The molecule has 0 aliphatic heterocycles. The summed E-state index contributed by atoms with van der Waals surface area (Å²) in [4.78, 5) is 10.9. The van der Waals surface area contributed by atoms with Gasteiger partial charge in [-0.2, -0.15) is 0 Å². The topological polar surface area (TPSA) is 37.3 Å². The summed E-state index contributed by atoms with van der Waals surface area (Å²) < 4.78 is 0.967. The van der Waals surface area contributed by atoms with E-state index >= 15 is 0 Å². The van der Waals surface area contributed by atoms with Gasteiger partial charge in [0.1, 0.15) is 0 Å². The summed E-state index contributed by atoms with van der Waals surface area (Å²) in [6.45, 7) is 7.36. The summed E-state index contributed by atoms with van der Waals surface area (Å²) >= 11 is 9.65. The van der Waals surface area contributed by atoms with E-state index in [4.69, 9.17) is 16.7 Å². The smallest absolute Gasteiger partial charge is 0.332 e. The summed E-state index contributed by atoms with van der Waals surface area (Å²) in [6.07, 6.45) is 0. The van der Waals surface area contributed by atoms with Crippen LogP contribution in [0.5, 0.6) is 0 Å². The van der Waals surface area contributed by atoms with E-state index in [0.29, 0.717) is 5.03 Å². The number of aryl methyl sites for hydroxylation is 2. The highest BCUT2D eigenvalue weighted by atomic mass is 79.9. The molecule has 0 saturated heterocycles. The third-order valence-corrected chi connectivity index (χ3v) is 4.44. The van der Waals surface area contributed by atoms with E-state index in [2.05, 4.69) is 15.9 Å². The van der Waals surface area contributed by atoms with Gasteiger partial charge < -0.3 is 5.11 Å². The van der Waals surface area contributed by atoms with Crippen molar-refractivity contribution in [2.24, 2.45) is 0 Å². The standard InChI is InChI=1S/C13H14BrClO2/c1-6-5-7(2)11(14)8(3)10(6)12(15)9(4)13(16)17/h5H,1-4H3,(H,16,17)/b12-9-. The van der Waals surface area contributed by atoms with E-state index in [1.165, 1.54) is 6.92 Å². The highest BCUT2D eigenvalue weighted by Gasteiger charge is 2.16. The summed E-state index contributed by atoms with van der Waals surface area (Å²) in [6, 6.07) is 1.99. The highest BCUT2D eigenvalue weighted by Crippen LogP contribution is 2.34. The van der Waals surface area contributed by atoms with E-state index in [-0.39, 0.29) is 5.57 Å². The van der Waals surface area contributed by atoms with Crippen LogP contribution < -0.4 is 0 Å². The largest absolute Gasteiger partial charge is 0.478 e. The molecule has 0 heterocycles. The van der Waals surface area contributed by atoms with Crippen molar-refractivity contribution in [1.29, 1.82) is 0 Å². The van der Waals surface area contributed by atoms with Crippen LogP contribution in [0.2, 0.25) is 0 Å². The van der Waals surface area contributed by atoms with E-state index in [1.807, 2.05) is 26.8 Å². The van der Waals surface area contributed by atoms with Crippen molar-refractivity contribution in [3.63, 3.8) is 0 Å². The molecule has 0 aromatic heterocycles. The maximum absolute atomic E-state index is 10.9. The molecule has 0 unspecified atom stereocenters. The van der Waals surface area contributed by atoms with Gasteiger partial charge in [-0.05, 0) is 44.4 Å². The van der Waals surface area contributed by atoms with Crippen molar-refractivity contribution in [2.75, 3.05) is 0 Å². The van der Waals surface area contributed by atoms with Crippen molar-refractivity contribution in [3.05, 3.63) is 38.4 Å². The van der Waals surface area contributed by atoms with E-state index in [9.17, 15) is 4.79 Å². The molecule has 2 nitrogen and oxygen atoms in total. The molecule has 0 saturated carbocycles. The lowest BCUT2D eigenvalue weighted by Crippen LogP contribution is -2.01. The molecule has 1 rings (SSSR count). The minimum atomic E-state index is -0.995. The van der Waals surface area contributed by atoms with Crippen LogP contribution in [-0.4, -0.2) is 11.1 Å². The third kappa shape index (κ3) is 2.72. The molecule has 17 heavy (non-hydrogen) atoms. The number of hydrogen-bond acceptors (Lipinski definition) is 1. The van der Waals surface area contributed by atoms with Crippen LogP contribution in [0.3, 0.4) is 0 Å². The molecule has 4 heteroatoms. The number of carbonyl (C=O) groups is 1. The zero-order valence-corrected chi connectivity index (χ0v) is 12.5. The number of aliphatic carboxylic acids is 1. The molecule has 0 fully saturated rings. The molecule has 0 atom stereocenters. The molecule has 0 radical (unpaired) electrons. The first kappa shape index (κ1) is 14.3. The average Bonchev–Trinajstić information content (AvgIpc) is 2.24. The monoisotopic (exact) mass is 316 g/mol. The number of carboxylic acids is 1. The normalized spacial score (nSPS) is 12.4. The Labute approximate surface area is 114 Å². The fourth-order valence-electron chi connectivity index (χ4n) is 1.78. The minimum absolute atomic E-state index is 0.161. The number of benzene rings is 1. The first-order valence-corrected chi connectivity index (χ1v) is 6.30. The molecular formula is C13H14BrClO2. The van der Waals surface area contributed by atoms with Gasteiger partial charge in [0, 0.05) is 10.0 Å². The summed E-state index contributed by atoms with van der Waals surface area (Å²) in [5, 5.41) is 9.26. The fraction of sp³-hybridized carbons (Fsp3) is 0.308. The van der Waals surface area contributed by atoms with E-state index in [0.717, 1.165) is 26.7 Å². The van der Waals surface area contributed by atoms with Crippen LogP contribution in [-0.2, 0) is 4.79 Å². The molecule has 0 amide bonds. The Morgan fingerprint density at radius 3 is 2.29 bits per heavy atom. The SMILES string of the molecule is C/C(C(=O)O)=C(/Cl)c1c(C)cc(C)c(Br)c1C. The quantitative estimate of drug-likeness (QED) is 0.819. The van der Waals surface area contributed by atoms with Gasteiger partial charge in [-0.3, -0.25) is 0 Å². The van der Waals surface area contributed by atoms with Gasteiger partial charge in [0.15, 0.2) is 0 Å². The molecule has 1 aromatic carbocycles. The lowest BCUT2D eigenvalue weighted by molar-refractivity contribution is -0.132. The van der Waals surface area contributed by atoms with Crippen molar-refractivity contribution >= 4 is 38.5 Å². The van der Waals surface area contributed by atoms with Crippen LogP contribution >= 0.6 is 27.5 Å². The fourth-order valence-corrected chi connectivity index (χ4v) is 2.46. The Bertz CT molecular complexity index is 519. The average molecular weight is 318 g/mol. The number of halogens is 2. The first-order chi connectivity index (χ1) is 7.77. The lowest BCUT2D eigenvalue weighted by atomic mass is 9.98. The molecule has 0 aliphatic carbocycles. The molecule has 92 valence electrons. The van der Waals surface area contributed by atoms with Gasteiger partial charge in [0.25, 0.3) is 0 Å². The van der Waals surface area contributed by atoms with Crippen LogP contribution in [0, 0.1) is 20.8 Å². The molecular weight excluding hydrogens is 303 g/mol. The van der Waals surface area contributed by atoms with Gasteiger partial charge in [-0.25, -0.2) is 4.79 Å². The Balaban J connectivity index is 3.59. The third-order valence-electron chi connectivity index (χ3n) is 2.75. The summed E-state index contributed by atoms with van der Waals surface area (Å²) in [5.41, 5.74) is 4.01. The van der Waals surface area contributed by atoms with Gasteiger partial charge in [0.05, 0.1) is 10.6 Å². The summed E-state index contributed by atoms with van der Waals surface area (Å²) in [7, 11) is 0. The summed E-state index contributed by atoms with van der Waals surface area (Å²) in [5.74, 6) is -0.995. The van der Waals surface area contributed by atoms with Crippen LogP contribution in [0.1, 0.15) is 29.2 Å². The van der Waals surface area contributed by atoms with E-state index < -0.39 is 5.97 Å². The Morgan fingerprint density at radius 2 is 1.82 bits per heavy atom. The molecule has 0 spiro atoms. The van der Waals surface area contributed by atoms with Crippen molar-refractivity contribution in [2.45, 2.75) is 27.7 Å². The van der Waals surface area contributed by atoms with E-state index in [1.54, 1.807) is 0 Å². The minimum Gasteiger partial charge on any atom is -0.478 e. The van der Waals surface area contributed by atoms with Crippen LogP contribution in [0.4, 0.5) is 0 Å². The van der Waals surface area contributed by atoms with Crippen molar-refractivity contribution in [3.8, 4) is 0 Å². The number of carboxylic acid groups (broad SMARTS) is 1. The molecule has 1 aromatic rings. The highest BCUT2D eigenvalue weighted by molar-refractivity contribution is 9.10. The second-order valence-electron chi connectivity index (χ2n) is 4.07. The van der Waals surface area contributed by atoms with Crippen molar-refractivity contribution < 1.29 is 9.90 Å². The molecule has 0 aliphatic rings. The van der Waals surface area contributed by atoms with Gasteiger partial charge in [-0.1, -0.05) is 33.6 Å². The lowest BCUT2D eigenvalue weighted by Gasteiger charge is -2.14. The zero-order chi connectivity index (χ0) is 13.3. The Hall–Kier alpha value is -0.800. The Morgan fingerprint density at radius 1 is 1.29 bits per heavy atom. The van der Waals surface area contributed by atoms with Gasteiger partial charge in [0.2, 0.25) is 0 Å². The van der Waals surface area contributed by atoms with Gasteiger partial charge in [-0.15, -0.1) is 0 Å². The van der Waals surface area contributed by atoms with Crippen LogP contribution in [0.15, 0.2) is 16.1 Å². The first-order valence-electron chi connectivity index (χ1n) is 5.13. The number of hydrogen-bond donors (Lipinski definition) is 1. The van der Waals surface area contributed by atoms with Crippen molar-refractivity contribution in [1.82, 2.24) is 0 Å². The van der Waals surface area contributed by atoms with Gasteiger partial charge >= 0.3 is 5.97 Å². The predicted octanol–water partition coefficient (Wildman–Crippen LogP) is 4.43. The molecule has 0 bridgehead atoms. The second-order valence-corrected chi connectivity index (χ2v) is 5.24. The zero-order valence-electron chi connectivity index (χ0n) is 10.2. The van der Waals surface area contributed by atoms with Crippen LogP contribution in [0.25, 0.3) is 5.03 Å². The maximum Gasteiger partial charge on any atom is 0.332 e. The molecule has 1 N–H and O–H groups in total. The Kier molecular flexibility index (Phi) is 4.39. The maximum atomic E-state index is 10.9.